The quantitative estimate of drug-likeness (QED) is 0.326. The van der Waals surface area contributed by atoms with Gasteiger partial charge in [0.1, 0.15) is 12.1 Å². The van der Waals surface area contributed by atoms with Crippen molar-refractivity contribution in [2.75, 3.05) is 0 Å². The molecule has 0 saturated heterocycles. The molecule has 10 heteroatoms. The first kappa shape index (κ1) is 31.7. The zero-order chi connectivity index (χ0) is 30.3. The van der Waals surface area contributed by atoms with Crippen LogP contribution in [0.15, 0.2) is 36.7 Å². The Kier molecular flexibility index (Phi) is 10.6. The van der Waals surface area contributed by atoms with E-state index in [0.29, 0.717) is 10.9 Å². The van der Waals surface area contributed by atoms with Gasteiger partial charge in [-0.3, -0.25) is 29.0 Å². The van der Waals surface area contributed by atoms with Crippen molar-refractivity contribution in [2.24, 2.45) is 11.3 Å². The van der Waals surface area contributed by atoms with Crippen LogP contribution >= 0.6 is 0 Å². The van der Waals surface area contributed by atoms with Crippen LogP contribution in [0.2, 0.25) is 0 Å². The fourth-order valence-corrected chi connectivity index (χ4v) is 5.00. The predicted molar refractivity (Wildman–Crippen MR) is 157 cm³/mol. The van der Waals surface area contributed by atoms with E-state index in [4.69, 9.17) is 0 Å². The van der Waals surface area contributed by atoms with Gasteiger partial charge in [-0.2, -0.15) is 0 Å². The molecule has 3 atom stereocenters. The zero-order valence-corrected chi connectivity index (χ0v) is 24.9. The molecule has 1 aliphatic rings. The number of carbonyl (C=O) groups is 5. The van der Waals surface area contributed by atoms with Gasteiger partial charge in [-0.1, -0.05) is 78.1 Å². The van der Waals surface area contributed by atoms with E-state index in [1.54, 1.807) is 20.0 Å². The molecule has 10 nitrogen and oxygen atoms in total. The minimum absolute atomic E-state index is 0.0314. The van der Waals surface area contributed by atoms with Gasteiger partial charge in [0.2, 0.25) is 17.6 Å². The Morgan fingerprint density at radius 1 is 0.854 bits per heavy atom. The molecule has 1 heterocycles. The molecule has 1 aromatic carbocycles. The lowest BCUT2D eigenvalue weighted by Gasteiger charge is -2.31. The second kappa shape index (κ2) is 13.7. The van der Waals surface area contributed by atoms with Crippen LogP contribution in [0.3, 0.4) is 0 Å². The Morgan fingerprint density at radius 2 is 1.51 bits per heavy atom. The van der Waals surface area contributed by atoms with E-state index in [1.807, 2.05) is 45.0 Å². The second-order valence-corrected chi connectivity index (χ2v) is 12.3. The first-order valence-electron chi connectivity index (χ1n) is 14.4. The highest BCUT2D eigenvalue weighted by atomic mass is 16.2. The summed E-state index contributed by atoms with van der Waals surface area (Å²) in [7, 11) is 0. The number of aromatic nitrogens is 1. The highest BCUT2D eigenvalue weighted by Gasteiger charge is 2.36. The minimum Gasteiger partial charge on any atom is -0.347 e. The molecule has 0 spiro atoms. The molecule has 4 N–H and O–H groups in total. The summed E-state index contributed by atoms with van der Waals surface area (Å²) >= 11 is 0. The lowest BCUT2D eigenvalue weighted by Crippen LogP contribution is -2.59. The van der Waals surface area contributed by atoms with E-state index in [2.05, 4.69) is 26.3 Å². The fraction of sp³-hybridized carbons (Fsp3) is 0.548. The van der Waals surface area contributed by atoms with Gasteiger partial charge >= 0.3 is 0 Å². The first-order valence-corrected chi connectivity index (χ1v) is 14.4. The average molecular weight is 566 g/mol. The number of Topliss-reactive ketones (excluding diaryl/α,β-unsaturated/α-hetero) is 1. The maximum absolute atomic E-state index is 13.4. The highest BCUT2D eigenvalue weighted by Crippen LogP contribution is 2.22. The molecule has 3 unspecified atom stereocenters. The van der Waals surface area contributed by atoms with Gasteiger partial charge in [-0.05, 0) is 36.5 Å². The van der Waals surface area contributed by atoms with Crippen LogP contribution in [0.1, 0.15) is 84.0 Å². The lowest BCUT2D eigenvalue weighted by atomic mass is 9.85. The summed E-state index contributed by atoms with van der Waals surface area (Å²) in [5.74, 6) is -3.37. The lowest BCUT2D eigenvalue weighted by molar-refractivity contribution is -0.141. The summed E-state index contributed by atoms with van der Waals surface area (Å²) in [6.07, 6.45) is 7.93. The molecule has 1 aliphatic carbocycles. The van der Waals surface area contributed by atoms with Gasteiger partial charge in [0, 0.05) is 23.8 Å². The van der Waals surface area contributed by atoms with E-state index < -0.39 is 53.0 Å². The number of benzene rings is 1. The summed E-state index contributed by atoms with van der Waals surface area (Å²) in [6, 6.07) is 4.26. The predicted octanol–water partition coefficient (Wildman–Crippen LogP) is 3.04. The number of nitrogens with zero attached hydrogens (tertiary/aromatic N) is 1. The van der Waals surface area contributed by atoms with Gasteiger partial charge < -0.3 is 21.3 Å². The van der Waals surface area contributed by atoms with Crippen LogP contribution in [0.25, 0.3) is 10.8 Å². The van der Waals surface area contributed by atoms with E-state index in [0.717, 1.165) is 37.5 Å². The monoisotopic (exact) mass is 565 g/mol. The van der Waals surface area contributed by atoms with Crippen molar-refractivity contribution in [1.29, 1.82) is 0 Å². The van der Waals surface area contributed by atoms with Crippen molar-refractivity contribution in [3.63, 3.8) is 0 Å². The number of amides is 4. The number of nitrogens with one attached hydrogen (secondary N) is 4. The number of fused-ring (bicyclic) bond motifs is 1. The van der Waals surface area contributed by atoms with Crippen molar-refractivity contribution < 1.29 is 24.0 Å². The molecule has 222 valence electrons. The number of pyridine rings is 1. The molecule has 0 radical (unpaired) electrons. The maximum Gasteiger partial charge on any atom is 0.289 e. The second-order valence-electron chi connectivity index (χ2n) is 12.3. The molecule has 41 heavy (non-hydrogen) atoms. The van der Waals surface area contributed by atoms with Gasteiger partial charge in [-0.25, -0.2) is 0 Å². The summed E-state index contributed by atoms with van der Waals surface area (Å²) < 4.78 is 0. The van der Waals surface area contributed by atoms with Gasteiger partial charge in [0.25, 0.3) is 11.8 Å². The Balaban J connectivity index is 1.66. The van der Waals surface area contributed by atoms with Gasteiger partial charge in [-0.15, -0.1) is 0 Å². The molecule has 0 bridgehead atoms. The van der Waals surface area contributed by atoms with E-state index in [-0.39, 0.29) is 12.0 Å². The third kappa shape index (κ3) is 8.34. The average Bonchev–Trinajstić information content (AvgIpc) is 2.93. The minimum atomic E-state index is -1.04. The van der Waals surface area contributed by atoms with Crippen LogP contribution in [-0.4, -0.2) is 58.6 Å². The Hall–Kier alpha value is -3.82. The van der Waals surface area contributed by atoms with E-state index in [9.17, 15) is 24.0 Å². The maximum atomic E-state index is 13.4. The Labute approximate surface area is 241 Å². The topological polar surface area (TPSA) is 146 Å². The van der Waals surface area contributed by atoms with Crippen LogP contribution < -0.4 is 21.3 Å². The molecule has 2 aromatic rings. The third-order valence-electron chi connectivity index (χ3n) is 7.48. The Bertz CT molecular complexity index is 1270. The van der Waals surface area contributed by atoms with Crippen molar-refractivity contribution in [3.8, 4) is 0 Å². The number of hydrogen-bond acceptors (Lipinski definition) is 6. The molecule has 1 fully saturated rings. The SMILES string of the molecule is CC(NC(=O)C(NC(=O)c1cncc2ccccc12)C(C)(C)C)C(=O)NC(C(=O)C(=O)NC1CCCCC1)C(C)C. The van der Waals surface area contributed by atoms with Crippen molar-refractivity contribution in [3.05, 3.63) is 42.2 Å². The van der Waals surface area contributed by atoms with Crippen LogP contribution in [0.4, 0.5) is 0 Å². The normalized spacial score (nSPS) is 16.4. The molecule has 4 amide bonds. The van der Waals surface area contributed by atoms with Crippen LogP contribution in [-0.2, 0) is 19.2 Å². The highest BCUT2D eigenvalue weighted by molar-refractivity contribution is 6.38. The number of rotatable bonds is 10. The van der Waals surface area contributed by atoms with Gasteiger partial charge in [0.05, 0.1) is 11.6 Å². The molecule has 3 rings (SSSR count). The molecule has 1 saturated carbocycles. The van der Waals surface area contributed by atoms with Crippen LogP contribution in [0, 0.1) is 11.3 Å². The largest absolute Gasteiger partial charge is 0.347 e. The molecular formula is C31H43N5O5. The van der Waals surface area contributed by atoms with Crippen LogP contribution in [0.5, 0.6) is 0 Å². The summed E-state index contributed by atoms with van der Waals surface area (Å²) in [4.78, 5) is 69.5. The summed E-state index contributed by atoms with van der Waals surface area (Å²) in [6.45, 7) is 10.4. The van der Waals surface area contributed by atoms with Crippen molar-refractivity contribution >= 4 is 40.2 Å². The van der Waals surface area contributed by atoms with Crippen molar-refractivity contribution in [1.82, 2.24) is 26.3 Å². The number of carbonyl (C=O) groups excluding carboxylic acids is 5. The molecule has 0 aliphatic heterocycles. The molecular weight excluding hydrogens is 522 g/mol. The number of hydrogen-bond donors (Lipinski definition) is 4. The van der Waals surface area contributed by atoms with E-state index >= 15 is 0 Å². The van der Waals surface area contributed by atoms with Gasteiger partial charge in [0.15, 0.2) is 0 Å². The Morgan fingerprint density at radius 3 is 2.15 bits per heavy atom. The number of ketones is 1. The fourth-order valence-electron chi connectivity index (χ4n) is 5.00. The zero-order valence-electron chi connectivity index (χ0n) is 24.9. The molecule has 1 aromatic heterocycles. The summed E-state index contributed by atoms with van der Waals surface area (Å²) in [5.41, 5.74) is -0.359. The third-order valence-corrected chi connectivity index (χ3v) is 7.48. The standard InChI is InChI=1S/C31H43N5O5/c1-18(2)24(25(37)29(40)34-21-13-8-7-9-14-21)35-27(38)19(3)33-30(41)26(31(4,5)6)36-28(39)23-17-32-16-20-12-10-11-15-22(20)23/h10-12,15-19,21,24,26H,7-9,13-14H2,1-6H3,(H,33,41)(H,34,40)(H,35,38)(H,36,39). The van der Waals surface area contributed by atoms with Crippen molar-refractivity contribution in [2.45, 2.75) is 97.8 Å². The summed E-state index contributed by atoms with van der Waals surface area (Å²) in [5, 5.41) is 12.4. The van der Waals surface area contributed by atoms with E-state index in [1.165, 1.54) is 13.1 Å². The smallest absolute Gasteiger partial charge is 0.289 e. The first-order chi connectivity index (χ1) is 19.3.